The summed E-state index contributed by atoms with van der Waals surface area (Å²) in [6, 6.07) is 6.11. The quantitative estimate of drug-likeness (QED) is 0.764. The van der Waals surface area contributed by atoms with Crippen LogP contribution in [0.4, 0.5) is 4.39 Å². The summed E-state index contributed by atoms with van der Waals surface area (Å²) in [5.74, 6) is -0.435. The minimum atomic E-state index is -0.884. The second-order valence-electron chi connectivity index (χ2n) is 6.54. The van der Waals surface area contributed by atoms with Crippen molar-refractivity contribution in [1.82, 2.24) is 10.6 Å². The SMILES string of the molecule is O=C(NCC1(O)CCNC1)C1(c2ccc(F)cc2)CCOCC1. The molecule has 3 rings (SSSR count). The maximum absolute atomic E-state index is 13.2. The first-order valence-corrected chi connectivity index (χ1v) is 8.09. The summed E-state index contributed by atoms with van der Waals surface area (Å²) in [4.78, 5) is 12.9. The molecule has 6 heteroatoms. The molecule has 1 amide bonds. The third-order valence-corrected chi connectivity index (χ3v) is 4.98. The van der Waals surface area contributed by atoms with Gasteiger partial charge in [-0.05, 0) is 43.5 Å². The van der Waals surface area contributed by atoms with Crippen LogP contribution in [0.15, 0.2) is 24.3 Å². The lowest BCUT2D eigenvalue weighted by atomic mass is 9.73. The second kappa shape index (κ2) is 6.55. The predicted molar refractivity (Wildman–Crippen MR) is 83.6 cm³/mol. The molecule has 0 aliphatic carbocycles. The Hall–Kier alpha value is -1.50. The van der Waals surface area contributed by atoms with E-state index in [9.17, 15) is 14.3 Å². The summed E-state index contributed by atoms with van der Waals surface area (Å²) in [7, 11) is 0. The number of ether oxygens (including phenoxy) is 1. The van der Waals surface area contributed by atoms with Crippen LogP contribution in [0.5, 0.6) is 0 Å². The number of carbonyl (C=O) groups excluding carboxylic acids is 1. The second-order valence-corrected chi connectivity index (χ2v) is 6.54. The maximum atomic E-state index is 13.2. The van der Waals surface area contributed by atoms with Crippen LogP contribution in [0.3, 0.4) is 0 Å². The van der Waals surface area contributed by atoms with Crippen LogP contribution in [-0.2, 0) is 14.9 Å². The molecule has 3 N–H and O–H groups in total. The van der Waals surface area contributed by atoms with Gasteiger partial charge in [-0.3, -0.25) is 4.79 Å². The molecular formula is C17H23FN2O3. The number of rotatable bonds is 4. The van der Waals surface area contributed by atoms with Crippen LogP contribution in [0, 0.1) is 5.82 Å². The smallest absolute Gasteiger partial charge is 0.230 e. The number of nitrogens with one attached hydrogen (secondary N) is 2. The normalized spacial score (nSPS) is 26.9. The molecule has 0 spiro atoms. The number of hydrogen-bond donors (Lipinski definition) is 3. The standard InChI is InChI=1S/C17H23FN2O3/c18-14-3-1-13(2-4-14)17(6-9-23-10-7-17)15(21)20-12-16(22)5-8-19-11-16/h1-4,19,22H,5-12H2,(H,20,21). The van der Waals surface area contributed by atoms with E-state index in [1.54, 1.807) is 12.1 Å². The molecular weight excluding hydrogens is 299 g/mol. The molecule has 1 aromatic rings. The number of aliphatic hydroxyl groups is 1. The monoisotopic (exact) mass is 322 g/mol. The summed E-state index contributed by atoms with van der Waals surface area (Å²) >= 11 is 0. The lowest BCUT2D eigenvalue weighted by Crippen LogP contribution is -2.52. The highest BCUT2D eigenvalue weighted by molar-refractivity contribution is 5.88. The van der Waals surface area contributed by atoms with Gasteiger partial charge in [0.15, 0.2) is 0 Å². The molecule has 1 aromatic carbocycles. The molecule has 2 saturated heterocycles. The fraction of sp³-hybridized carbons (Fsp3) is 0.588. The molecule has 0 radical (unpaired) electrons. The zero-order valence-electron chi connectivity index (χ0n) is 13.1. The van der Waals surface area contributed by atoms with Crippen molar-refractivity contribution in [3.8, 4) is 0 Å². The van der Waals surface area contributed by atoms with Gasteiger partial charge in [-0.15, -0.1) is 0 Å². The van der Waals surface area contributed by atoms with Crippen molar-refractivity contribution in [1.29, 1.82) is 0 Å². The molecule has 0 aromatic heterocycles. The highest BCUT2D eigenvalue weighted by Crippen LogP contribution is 2.35. The molecule has 2 heterocycles. The van der Waals surface area contributed by atoms with Crippen LogP contribution in [0.25, 0.3) is 0 Å². The highest BCUT2D eigenvalue weighted by atomic mass is 19.1. The van der Waals surface area contributed by atoms with Crippen LogP contribution in [0.2, 0.25) is 0 Å². The summed E-state index contributed by atoms with van der Waals surface area (Å²) < 4.78 is 18.6. The third-order valence-electron chi connectivity index (χ3n) is 4.98. The van der Waals surface area contributed by atoms with E-state index in [2.05, 4.69) is 10.6 Å². The van der Waals surface area contributed by atoms with E-state index < -0.39 is 11.0 Å². The molecule has 126 valence electrons. The Kier molecular flexibility index (Phi) is 4.66. The Bertz CT molecular complexity index is 549. The first-order chi connectivity index (χ1) is 11.0. The first kappa shape index (κ1) is 16.4. The average Bonchev–Trinajstić information content (AvgIpc) is 3.01. The molecule has 0 bridgehead atoms. The van der Waals surface area contributed by atoms with Crippen molar-refractivity contribution < 1.29 is 19.0 Å². The summed E-state index contributed by atoms with van der Waals surface area (Å²) in [6.45, 7) is 2.46. The molecule has 0 saturated carbocycles. The zero-order valence-corrected chi connectivity index (χ0v) is 13.1. The maximum Gasteiger partial charge on any atom is 0.230 e. The minimum Gasteiger partial charge on any atom is -0.387 e. The topological polar surface area (TPSA) is 70.6 Å². The minimum absolute atomic E-state index is 0.118. The summed E-state index contributed by atoms with van der Waals surface area (Å²) in [5.41, 5.74) is -0.796. The van der Waals surface area contributed by atoms with Gasteiger partial charge in [0, 0.05) is 26.3 Å². The van der Waals surface area contributed by atoms with Gasteiger partial charge in [0.25, 0.3) is 0 Å². The largest absolute Gasteiger partial charge is 0.387 e. The van der Waals surface area contributed by atoms with Gasteiger partial charge in [0.1, 0.15) is 5.82 Å². The van der Waals surface area contributed by atoms with E-state index in [0.717, 1.165) is 12.1 Å². The highest BCUT2D eigenvalue weighted by Gasteiger charge is 2.42. The van der Waals surface area contributed by atoms with Gasteiger partial charge in [-0.1, -0.05) is 12.1 Å². The fourth-order valence-corrected chi connectivity index (χ4v) is 3.43. The van der Waals surface area contributed by atoms with Gasteiger partial charge in [-0.2, -0.15) is 0 Å². The molecule has 1 atom stereocenters. The van der Waals surface area contributed by atoms with Gasteiger partial charge in [-0.25, -0.2) is 4.39 Å². The molecule has 2 aliphatic heterocycles. The van der Waals surface area contributed by atoms with E-state index in [-0.39, 0.29) is 18.3 Å². The Morgan fingerprint density at radius 1 is 1.26 bits per heavy atom. The number of halogens is 1. The number of hydrogen-bond acceptors (Lipinski definition) is 4. The molecule has 5 nitrogen and oxygen atoms in total. The van der Waals surface area contributed by atoms with Crippen molar-refractivity contribution in [2.75, 3.05) is 32.8 Å². The van der Waals surface area contributed by atoms with Gasteiger partial charge in [0.05, 0.1) is 11.0 Å². The van der Waals surface area contributed by atoms with Crippen LogP contribution >= 0.6 is 0 Å². The van der Waals surface area contributed by atoms with Crippen LogP contribution < -0.4 is 10.6 Å². The Labute approximate surface area is 135 Å². The zero-order chi connectivity index (χ0) is 16.3. The van der Waals surface area contributed by atoms with Crippen molar-refractivity contribution in [3.63, 3.8) is 0 Å². The van der Waals surface area contributed by atoms with Crippen molar-refractivity contribution in [2.24, 2.45) is 0 Å². The Morgan fingerprint density at radius 3 is 2.57 bits per heavy atom. The van der Waals surface area contributed by atoms with Crippen LogP contribution in [0.1, 0.15) is 24.8 Å². The van der Waals surface area contributed by atoms with Crippen LogP contribution in [-0.4, -0.2) is 49.5 Å². The van der Waals surface area contributed by atoms with Gasteiger partial charge in [0.2, 0.25) is 5.91 Å². The van der Waals surface area contributed by atoms with Crippen molar-refractivity contribution >= 4 is 5.91 Å². The molecule has 23 heavy (non-hydrogen) atoms. The number of carbonyl (C=O) groups is 1. The Balaban J connectivity index is 1.77. The number of benzene rings is 1. The average molecular weight is 322 g/mol. The third kappa shape index (κ3) is 3.39. The lowest BCUT2D eigenvalue weighted by molar-refractivity contribution is -0.131. The number of β-amino-alcohol motifs (C(OH)–C–C–N with tert-alkyl or cyclic N) is 1. The Morgan fingerprint density at radius 2 is 1.96 bits per heavy atom. The lowest BCUT2D eigenvalue weighted by Gasteiger charge is -2.37. The van der Waals surface area contributed by atoms with E-state index in [1.807, 2.05) is 0 Å². The summed E-state index contributed by atoms with van der Waals surface area (Å²) in [5, 5.41) is 16.4. The molecule has 2 fully saturated rings. The van der Waals surface area contributed by atoms with Crippen molar-refractivity contribution in [2.45, 2.75) is 30.3 Å². The van der Waals surface area contributed by atoms with E-state index in [4.69, 9.17) is 4.74 Å². The van der Waals surface area contributed by atoms with E-state index in [0.29, 0.717) is 39.0 Å². The predicted octanol–water partition coefficient (Wildman–Crippen LogP) is 0.714. The van der Waals surface area contributed by atoms with Gasteiger partial charge < -0.3 is 20.5 Å². The molecule has 2 aliphatic rings. The van der Waals surface area contributed by atoms with E-state index >= 15 is 0 Å². The van der Waals surface area contributed by atoms with E-state index in [1.165, 1.54) is 12.1 Å². The first-order valence-electron chi connectivity index (χ1n) is 8.09. The number of amides is 1. The summed E-state index contributed by atoms with van der Waals surface area (Å²) in [6.07, 6.45) is 1.74. The van der Waals surface area contributed by atoms with Gasteiger partial charge >= 0.3 is 0 Å². The molecule has 1 unspecified atom stereocenters. The van der Waals surface area contributed by atoms with Crippen molar-refractivity contribution in [3.05, 3.63) is 35.6 Å². The fourth-order valence-electron chi connectivity index (χ4n) is 3.43.